The van der Waals surface area contributed by atoms with Crippen molar-refractivity contribution >= 4 is 5.69 Å². The fourth-order valence-corrected chi connectivity index (χ4v) is 1.62. The maximum absolute atomic E-state index is 13.4. The molecule has 0 radical (unpaired) electrons. The minimum absolute atomic E-state index is 0.158. The Bertz CT molecular complexity index is 554. The van der Waals surface area contributed by atoms with Crippen LogP contribution < -0.4 is 10.1 Å². The van der Waals surface area contributed by atoms with Crippen LogP contribution in [0, 0.1) is 11.6 Å². The van der Waals surface area contributed by atoms with E-state index in [-0.39, 0.29) is 12.1 Å². The smallest absolute Gasteiger partial charge is 0.256 e. The third-order valence-corrected chi connectivity index (χ3v) is 2.49. The molecular formula is C12H13F2N3O. The van der Waals surface area contributed by atoms with Crippen LogP contribution in [-0.2, 0) is 13.6 Å². The van der Waals surface area contributed by atoms with Gasteiger partial charge in [-0.15, -0.1) is 5.10 Å². The zero-order valence-electron chi connectivity index (χ0n) is 10.1. The summed E-state index contributed by atoms with van der Waals surface area (Å²) in [6.45, 7) is 0.158. The lowest BCUT2D eigenvalue weighted by molar-refractivity contribution is 0.393. The molecule has 0 spiro atoms. The van der Waals surface area contributed by atoms with Crippen molar-refractivity contribution in [3.8, 4) is 5.88 Å². The number of ether oxygens (including phenoxy) is 1. The third-order valence-electron chi connectivity index (χ3n) is 2.49. The number of anilines is 1. The molecule has 0 aliphatic carbocycles. The third kappa shape index (κ3) is 2.42. The summed E-state index contributed by atoms with van der Waals surface area (Å²) in [4.78, 5) is 0. The first-order chi connectivity index (χ1) is 8.61. The molecule has 1 heterocycles. The highest BCUT2D eigenvalue weighted by Crippen LogP contribution is 2.22. The molecule has 0 saturated carbocycles. The summed E-state index contributed by atoms with van der Waals surface area (Å²) in [5.41, 5.74) is 0.879. The van der Waals surface area contributed by atoms with E-state index in [0.29, 0.717) is 11.6 Å². The number of hydrogen-bond acceptors (Lipinski definition) is 3. The number of aryl methyl sites for hydroxylation is 1. The van der Waals surface area contributed by atoms with Gasteiger partial charge < -0.3 is 10.1 Å². The van der Waals surface area contributed by atoms with Crippen molar-refractivity contribution < 1.29 is 13.5 Å². The second-order valence-electron chi connectivity index (χ2n) is 3.79. The van der Waals surface area contributed by atoms with Gasteiger partial charge in [0.25, 0.3) is 5.88 Å². The molecular weight excluding hydrogens is 240 g/mol. The van der Waals surface area contributed by atoms with E-state index in [2.05, 4.69) is 10.4 Å². The number of hydrogen-bond donors (Lipinski definition) is 1. The number of benzene rings is 1. The van der Waals surface area contributed by atoms with E-state index in [0.717, 1.165) is 6.07 Å². The summed E-state index contributed by atoms with van der Waals surface area (Å²) in [6, 6.07) is 4.08. The molecule has 0 aliphatic rings. The number of halogens is 2. The van der Waals surface area contributed by atoms with Gasteiger partial charge in [-0.2, -0.15) is 0 Å². The van der Waals surface area contributed by atoms with Gasteiger partial charge in [0, 0.05) is 19.2 Å². The van der Waals surface area contributed by atoms with Crippen LogP contribution in [0.15, 0.2) is 24.4 Å². The van der Waals surface area contributed by atoms with Crippen LogP contribution in [0.25, 0.3) is 0 Å². The first-order valence-electron chi connectivity index (χ1n) is 5.36. The van der Waals surface area contributed by atoms with Gasteiger partial charge in [-0.3, -0.25) is 4.68 Å². The highest BCUT2D eigenvalue weighted by Gasteiger charge is 2.10. The number of nitrogens with zero attached hydrogens (tertiary/aromatic N) is 2. The topological polar surface area (TPSA) is 39.1 Å². The average Bonchev–Trinajstić information content (AvgIpc) is 2.71. The first kappa shape index (κ1) is 12.3. The molecule has 96 valence electrons. The molecule has 0 amide bonds. The van der Waals surface area contributed by atoms with Gasteiger partial charge in [-0.25, -0.2) is 8.78 Å². The molecule has 0 bridgehead atoms. The number of rotatable bonds is 4. The van der Waals surface area contributed by atoms with E-state index in [1.165, 1.54) is 19.2 Å². The van der Waals surface area contributed by atoms with E-state index in [1.54, 1.807) is 17.9 Å². The Morgan fingerprint density at radius 3 is 2.89 bits per heavy atom. The molecule has 6 heteroatoms. The van der Waals surface area contributed by atoms with Gasteiger partial charge in [0.1, 0.15) is 5.69 Å². The normalized spacial score (nSPS) is 10.4. The highest BCUT2D eigenvalue weighted by atomic mass is 19.2. The van der Waals surface area contributed by atoms with Crippen molar-refractivity contribution in [2.45, 2.75) is 6.54 Å². The van der Waals surface area contributed by atoms with Crippen LogP contribution in [0.2, 0.25) is 0 Å². The second kappa shape index (κ2) is 5.03. The Balaban J connectivity index is 2.13. The SMILES string of the molecule is COc1nn(C)cc1NCc1cccc(F)c1F. The summed E-state index contributed by atoms with van der Waals surface area (Å²) in [5, 5.41) is 7.00. The van der Waals surface area contributed by atoms with Gasteiger partial charge >= 0.3 is 0 Å². The first-order valence-corrected chi connectivity index (χ1v) is 5.36. The fraction of sp³-hybridized carbons (Fsp3) is 0.250. The molecule has 0 fully saturated rings. The van der Waals surface area contributed by atoms with Crippen molar-refractivity contribution in [2.24, 2.45) is 7.05 Å². The lowest BCUT2D eigenvalue weighted by atomic mass is 10.2. The number of methoxy groups -OCH3 is 1. The predicted molar refractivity (Wildman–Crippen MR) is 63.4 cm³/mol. The Hall–Kier alpha value is -2.11. The zero-order valence-corrected chi connectivity index (χ0v) is 10.1. The molecule has 1 aromatic carbocycles. The Morgan fingerprint density at radius 2 is 2.17 bits per heavy atom. The van der Waals surface area contributed by atoms with Crippen LogP contribution in [0.3, 0.4) is 0 Å². The van der Waals surface area contributed by atoms with Gasteiger partial charge in [-0.05, 0) is 6.07 Å². The van der Waals surface area contributed by atoms with Crippen molar-refractivity contribution in [1.82, 2.24) is 9.78 Å². The predicted octanol–water partition coefficient (Wildman–Crippen LogP) is 2.32. The summed E-state index contributed by atoms with van der Waals surface area (Å²) >= 11 is 0. The van der Waals surface area contributed by atoms with E-state index in [1.807, 2.05) is 0 Å². The minimum Gasteiger partial charge on any atom is -0.478 e. The van der Waals surface area contributed by atoms with Crippen molar-refractivity contribution in [3.05, 3.63) is 41.6 Å². The van der Waals surface area contributed by atoms with Crippen LogP contribution in [0.4, 0.5) is 14.5 Å². The van der Waals surface area contributed by atoms with E-state index in [9.17, 15) is 8.78 Å². The van der Waals surface area contributed by atoms with Gasteiger partial charge in [0.15, 0.2) is 11.6 Å². The maximum atomic E-state index is 13.4. The van der Waals surface area contributed by atoms with Crippen molar-refractivity contribution in [2.75, 3.05) is 12.4 Å². The molecule has 0 aliphatic heterocycles. The van der Waals surface area contributed by atoms with E-state index >= 15 is 0 Å². The van der Waals surface area contributed by atoms with E-state index in [4.69, 9.17) is 4.74 Å². The summed E-state index contributed by atoms with van der Waals surface area (Å²) in [5.74, 6) is -1.28. The van der Waals surface area contributed by atoms with Gasteiger partial charge in [-0.1, -0.05) is 12.1 Å². The lowest BCUT2D eigenvalue weighted by Gasteiger charge is -2.06. The zero-order chi connectivity index (χ0) is 13.1. The number of aromatic nitrogens is 2. The fourth-order valence-electron chi connectivity index (χ4n) is 1.62. The molecule has 2 rings (SSSR count). The minimum atomic E-state index is -0.854. The Morgan fingerprint density at radius 1 is 1.39 bits per heavy atom. The summed E-state index contributed by atoms with van der Waals surface area (Å²) < 4.78 is 33.1. The molecule has 0 atom stereocenters. The lowest BCUT2D eigenvalue weighted by Crippen LogP contribution is -2.03. The van der Waals surface area contributed by atoms with Crippen LogP contribution in [0.5, 0.6) is 5.88 Å². The van der Waals surface area contributed by atoms with Crippen LogP contribution in [-0.4, -0.2) is 16.9 Å². The Labute approximate surface area is 103 Å². The number of nitrogens with one attached hydrogen (secondary N) is 1. The quantitative estimate of drug-likeness (QED) is 0.908. The standard InChI is InChI=1S/C12H13F2N3O/c1-17-7-10(12(16-17)18-2)15-6-8-4-3-5-9(13)11(8)14/h3-5,7,15H,6H2,1-2H3. The van der Waals surface area contributed by atoms with Gasteiger partial charge in [0.2, 0.25) is 0 Å². The molecule has 4 nitrogen and oxygen atoms in total. The Kier molecular flexibility index (Phi) is 3.45. The molecule has 1 aromatic heterocycles. The van der Waals surface area contributed by atoms with Crippen molar-refractivity contribution in [3.63, 3.8) is 0 Å². The summed E-state index contributed by atoms with van der Waals surface area (Å²) in [7, 11) is 3.24. The largest absolute Gasteiger partial charge is 0.478 e. The highest BCUT2D eigenvalue weighted by molar-refractivity contribution is 5.51. The van der Waals surface area contributed by atoms with Gasteiger partial charge in [0.05, 0.1) is 13.3 Å². The average molecular weight is 253 g/mol. The van der Waals surface area contributed by atoms with Crippen LogP contribution >= 0.6 is 0 Å². The van der Waals surface area contributed by atoms with E-state index < -0.39 is 11.6 Å². The second-order valence-corrected chi connectivity index (χ2v) is 3.79. The van der Waals surface area contributed by atoms with Crippen LogP contribution in [0.1, 0.15) is 5.56 Å². The van der Waals surface area contributed by atoms with Crippen molar-refractivity contribution in [1.29, 1.82) is 0 Å². The monoisotopic (exact) mass is 253 g/mol. The molecule has 18 heavy (non-hydrogen) atoms. The maximum Gasteiger partial charge on any atom is 0.256 e. The molecule has 1 N–H and O–H groups in total. The molecule has 0 unspecified atom stereocenters. The molecule has 0 saturated heterocycles. The molecule has 2 aromatic rings. The summed E-state index contributed by atoms with van der Waals surface area (Å²) in [6.07, 6.45) is 1.70.